The zero-order valence-corrected chi connectivity index (χ0v) is 9.16. The Morgan fingerprint density at radius 3 is 2.36 bits per heavy atom. The van der Waals surface area contributed by atoms with Crippen molar-refractivity contribution in [2.24, 2.45) is 0 Å². The topological polar surface area (TPSA) is 0 Å². The Hall–Kier alpha value is -0.606. The van der Waals surface area contributed by atoms with Gasteiger partial charge in [0.05, 0.1) is 0 Å². The highest BCUT2D eigenvalue weighted by Gasteiger charge is 1.79. The van der Waals surface area contributed by atoms with Gasteiger partial charge in [-0.05, 0) is 5.56 Å². The maximum Gasteiger partial charge on any atom is 0.0423 e. The fraction of sp³-hybridized carbons (Fsp3) is 0.111. The lowest BCUT2D eigenvalue weighted by Gasteiger charge is -1.88. The van der Waals surface area contributed by atoms with E-state index in [2.05, 4.69) is 42.6 Å². The maximum atomic E-state index is 2.30. The molecule has 4 radical (unpaired) electrons. The molecule has 1 aromatic carbocycles. The minimum atomic E-state index is 0. The quantitative estimate of drug-likeness (QED) is 0.599. The van der Waals surface area contributed by atoms with Gasteiger partial charge in [0.25, 0.3) is 0 Å². The Balaban J connectivity index is 0.000001000. The molecule has 0 saturated carbocycles. The fourth-order valence-corrected chi connectivity index (χ4v) is 1.33. The van der Waals surface area contributed by atoms with E-state index in [9.17, 15) is 0 Å². The molecule has 0 bridgehead atoms. The first-order valence-electron chi connectivity index (χ1n) is 3.65. The molecule has 11 heavy (non-hydrogen) atoms. The molecule has 0 N–H and O–H groups in total. The van der Waals surface area contributed by atoms with E-state index in [4.69, 9.17) is 0 Å². The minimum absolute atomic E-state index is 0. The molecule has 0 saturated heterocycles. The SMILES string of the molecule is C[SiH2]C=Cc1ccccc1.[Si]. The lowest BCUT2D eigenvalue weighted by molar-refractivity contribution is 1.66. The van der Waals surface area contributed by atoms with Crippen LogP contribution in [0, 0.1) is 0 Å². The molecular formula is C9H12Si2. The molecule has 0 atom stereocenters. The second kappa shape index (κ2) is 6.13. The Morgan fingerprint density at radius 2 is 1.82 bits per heavy atom. The second-order valence-corrected chi connectivity index (χ2v) is 3.51. The van der Waals surface area contributed by atoms with Crippen molar-refractivity contribution >= 4 is 26.6 Å². The number of hydrogen-bond donors (Lipinski definition) is 0. The highest BCUT2D eigenvalue weighted by Crippen LogP contribution is 1.99. The summed E-state index contributed by atoms with van der Waals surface area (Å²) >= 11 is 0. The molecule has 0 unspecified atom stereocenters. The Labute approximate surface area is 75.2 Å². The first kappa shape index (κ1) is 10.4. The summed E-state index contributed by atoms with van der Waals surface area (Å²) in [5.41, 5.74) is 3.62. The molecule has 56 valence electrons. The summed E-state index contributed by atoms with van der Waals surface area (Å²) in [4.78, 5) is 0. The third-order valence-corrected chi connectivity index (χ3v) is 2.05. The molecule has 1 rings (SSSR count). The molecule has 0 aliphatic rings. The lowest BCUT2D eigenvalue weighted by atomic mass is 10.2. The van der Waals surface area contributed by atoms with Crippen molar-refractivity contribution in [1.82, 2.24) is 0 Å². The van der Waals surface area contributed by atoms with Crippen LogP contribution in [-0.4, -0.2) is 20.5 Å². The molecule has 0 nitrogen and oxygen atoms in total. The van der Waals surface area contributed by atoms with E-state index < -0.39 is 0 Å². The average Bonchev–Trinajstić information content (AvgIpc) is 2.03. The van der Waals surface area contributed by atoms with Crippen LogP contribution in [0.2, 0.25) is 6.55 Å². The van der Waals surface area contributed by atoms with Crippen LogP contribution in [0.4, 0.5) is 0 Å². The van der Waals surface area contributed by atoms with E-state index in [1.165, 1.54) is 5.56 Å². The van der Waals surface area contributed by atoms with Crippen LogP contribution in [0.3, 0.4) is 0 Å². The van der Waals surface area contributed by atoms with Crippen LogP contribution in [0.25, 0.3) is 6.08 Å². The standard InChI is InChI=1S/C9H12Si.Si/c1-10-8-7-9-5-3-2-4-6-9;/h2-8H,10H2,1H3;. The highest BCUT2D eigenvalue weighted by molar-refractivity contribution is 6.41. The van der Waals surface area contributed by atoms with Gasteiger partial charge in [0, 0.05) is 20.5 Å². The van der Waals surface area contributed by atoms with E-state index in [-0.39, 0.29) is 20.5 Å². The largest absolute Gasteiger partial charge is 0.101 e. The first-order valence-corrected chi connectivity index (χ1v) is 5.88. The molecule has 0 fully saturated rings. The van der Waals surface area contributed by atoms with Crippen molar-refractivity contribution in [3.63, 3.8) is 0 Å². The fourth-order valence-electron chi connectivity index (χ4n) is 0.818. The Kier molecular flexibility index (Phi) is 5.79. The third-order valence-electron chi connectivity index (χ3n) is 1.35. The lowest BCUT2D eigenvalue weighted by Crippen LogP contribution is -1.72. The summed E-state index contributed by atoms with van der Waals surface area (Å²) in [6.07, 6.45) is 2.20. The molecule has 0 aromatic heterocycles. The van der Waals surface area contributed by atoms with Crippen molar-refractivity contribution in [1.29, 1.82) is 0 Å². The molecule has 0 heterocycles. The van der Waals surface area contributed by atoms with Crippen LogP contribution in [0.15, 0.2) is 36.0 Å². The summed E-state index contributed by atoms with van der Waals surface area (Å²) in [7, 11) is 0.0896. The minimum Gasteiger partial charge on any atom is -0.101 e. The van der Waals surface area contributed by atoms with Crippen molar-refractivity contribution in [3.8, 4) is 0 Å². The van der Waals surface area contributed by atoms with Gasteiger partial charge in [-0.2, -0.15) is 0 Å². The molecule has 1 aromatic rings. The average molecular weight is 176 g/mol. The molecule has 0 amide bonds. The monoisotopic (exact) mass is 176 g/mol. The summed E-state index contributed by atoms with van der Waals surface area (Å²) in [5.74, 6) is 0. The normalized spacial score (nSPS) is 10.6. The van der Waals surface area contributed by atoms with Crippen LogP contribution in [-0.2, 0) is 0 Å². The van der Waals surface area contributed by atoms with Crippen LogP contribution < -0.4 is 0 Å². The van der Waals surface area contributed by atoms with Crippen molar-refractivity contribution in [3.05, 3.63) is 41.6 Å². The van der Waals surface area contributed by atoms with E-state index in [0.29, 0.717) is 0 Å². The van der Waals surface area contributed by atoms with E-state index >= 15 is 0 Å². The van der Waals surface area contributed by atoms with Gasteiger partial charge in [0.2, 0.25) is 0 Å². The van der Waals surface area contributed by atoms with Gasteiger partial charge in [-0.3, -0.25) is 0 Å². The van der Waals surface area contributed by atoms with Crippen molar-refractivity contribution in [2.45, 2.75) is 6.55 Å². The first-order chi connectivity index (χ1) is 4.93. The maximum absolute atomic E-state index is 2.30. The summed E-state index contributed by atoms with van der Waals surface area (Å²) in [6.45, 7) is 2.28. The smallest absolute Gasteiger partial charge is 0.0423 e. The van der Waals surface area contributed by atoms with Crippen LogP contribution in [0.1, 0.15) is 5.56 Å². The molecule has 0 spiro atoms. The number of hydrogen-bond acceptors (Lipinski definition) is 0. The zero-order chi connectivity index (χ0) is 7.23. The van der Waals surface area contributed by atoms with Gasteiger partial charge in [0.1, 0.15) is 0 Å². The number of rotatable bonds is 2. The summed E-state index contributed by atoms with van der Waals surface area (Å²) < 4.78 is 0. The Morgan fingerprint density at radius 1 is 1.18 bits per heavy atom. The van der Waals surface area contributed by atoms with E-state index in [1.54, 1.807) is 0 Å². The van der Waals surface area contributed by atoms with Crippen molar-refractivity contribution in [2.75, 3.05) is 0 Å². The highest BCUT2D eigenvalue weighted by atomic mass is 28.2. The van der Waals surface area contributed by atoms with Gasteiger partial charge in [-0.25, -0.2) is 0 Å². The zero-order valence-electron chi connectivity index (χ0n) is 6.75. The van der Waals surface area contributed by atoms with E-state index in [0.717, 1.165) is 0 Å². The molecule has 2 heteroatoms. The predicted octanol–water partition coefficient (Wildman–Crippen LogP) is 1.49. The predicted molar refractivity (Wildman–Crippen MR) is 55.6 cm³/mol. The van der Waals surface area contributed by atoms with Gasteiger partial charge < -0.3 is 0 Å². The molecule has 0 aliphatic carbocycles. The molecule has 0 aliphatic heterocycles. The summed E-state index contributed by atoms with van der Waals surface area (Å²) in [6, 6.07) is 10.4. The molecular weight excluding hydrogens is 164 g/mol. The van der Waals surface area contributed by atoms with Crippen molar-refractivity contribution < 1.29 is 0 Å². The van der Waals surface area contributed by atoms with Crippen LogP contribution in [0.5, 0.6) is 0 Å². The number of benzene rings is 1. The Bertz CT molecular complexity index is 204. The third kappa shape index (κ3) is 3.96. The van der Waals surface area contributed by atoms with Gasteiger partial charge in [-0.1, -0.05) is 43.0 Å². The second-order valence-electron chi connectivity index (χ2n) is 2.22. The van der Waals surface area contributed by atoms with Crippen LogP contribution >= 0.6 is 0 Å². The van der Waals surface area contributed by atoms with E-state index in [1.807, 2.05) is 6.07 Å². The van der Waals surface area contributed by atoms with Gasteiger partial charge in [0.15, 0.2) is 0 Å². The van der Waals surface area contributed by atoms with Gasteiger partial charge in [-0.15, -0.1) is 5.70 Å². The van der Waals surface area contributed by atoms with Gasteiger partial charge >= 0.3 is 0 Å². The summed E-state index contributed by atoms with van der Waals surface area (Å²) in [5, 5.41) is 0.